The lowest BCUT2D eigenvalue weighted by atomic mass is 10.2. The second-order valence-corrected chi connectivity index (χ2v) is 4.30. The summed E-state index contributed by atoms with van der Waals surface area (Å²) in [4.78, 5) is 11.6. The van der Waals surface area contributed by atoms with E-state index in [2.05, 4.69) is 23.0 Å². The number of hydrogen-bond acceptors (Lipinski definition) is 3. The number of ether oxygens (including phenoxy) is 1. The van der Waals surface area contributed by atoms with Crippen molar-refractivity contribution in [1.82, 2.24) is 4.57 Å². The second kappa shape index (κ2) is 5.40. The highest BCUT2D eigenvalue weighted by Gasteiger charge is 2.23. The number of rotatable bonds is 4. The second-order valence-electron chi connectivity index (χ2n) is 4.30. The van der Waals surface area contributed by atoms with Crippen LogP contribution in [0, 0.1) is 0 Å². The van der Waals surface area contributed by atoms with Crippen molar-refractivity contribution in [2.45, 2.75) is 33.5 Å². The van der Waals surface area contributed by atoms with Crippen molar-refractivity contribution in [3.05, 3.63) is 29.6 Å². The van der Waals surface area contributed by atoms with Gasteiger partial charge >= 0.3 is 5.97 Å². The molecule has 2 aromatic rings. The van der Waals surface area contributed by atoms with Crippen LogP contribution in [0.4, 0.5) is 0 Å². The number of nitrogens with zero attached hydrogens (tertiary/aromatic N) is 2. The molecule has 5 heteroatoms. The van der Waals surface area contributed by atoms with E-state index in [4.69, 9.17) is 10.5 Å². The van der Waals surface area contributed by atoms with Gasteiger partial charge in [-0.1, -0.05) is 0 Å². The number of aromatic nitrogens is 2. The number of nitrogens with two attached hydrogens (primary N) is 1. The molecule has 1 heterocycles. The van der Waals surface area contributed by atoms with Gasteiger partial charge in [0.1, 0.15) is 0 Å². The molecule has 0 atom stereocenters. The van der Waals surface area contributed by atoms with Crippen LogP contribution in [0.25, 0.3) is 11.0 Å². The fraction of sp³-hybridized carbons (Fsp3) is 0.429. The molecule has 19 heavy (non-hydrogen) atoms. The summed E-state index contributed by atoms with van der Waals surface area (Å²) >= 11 is 0. The Morgan fingerprint density at radius 2 is 2.16 bits per heavy atom. The smallest absolute Gasteiger partial charge is 0.338 e. The monoisotopic (exact) mass is 262 g/mol. The molecule has 2 rings (SSSR count). The van der Waals surface area contributed by atoms with E-state index in [-0.39, 0.29) is 5.97 Å². The van der Waals surface area contributed by atoms with Gasteiger partial charge in [-0.3, -0.25) is 0 Å². The van der Waals surface area contributed by atoms with Gasteiger partial charge in [0.25, 0.3) is 5.82 Å². The van der Waals surface area contributed by atoms with Crippen molar-refractivity contribution < 1.29 is 14.1 Å². The van der Waals surface area contributed by atoms with E-state index < -0.39 is 0 Å². The SMILES string of the molecule is CCn1c(CN)[n+](CC)c2ccc(C(=O)OC)cc21. The molecule has 0 bridgehead atoms. The fourth-order valence-electron chi connectivity index (χ4n) is 2.56. The molecule has 0 fully saturated rings. The first-order chi connectivity index (χ1) is 9.17. The number of carbonyl (C=O) groups is 1. The standard InChI is InChI=1S/C14H20N3O2/c1-4-16-11-7-6-10(14(18)19-3)8-12(11)17(5-2)13(16)9-15/h6-8H,4-5,9,15H2,1-3H3/q+1. The minimum atomic E-state index is -0.317. The minimum absolute atomic E-state index is 0.317. The Balaban J connectivity index is 2.74. The molecule has 5 nitrogen and oxygen atoms in total. The molecule has 2 N–H and O–H groups in total. The Labute approximate surface area is 112 Å². The molecule has 0 aliphatic heterocycles. The topological polar surface area (TPSA) is 61.1 Å². The zero-order valence-electron chi connectivity index (χ0n) is 11.6. The van der Waals surface area contributed by atoms with Crippen LogP contribution in [0.3, 0.4) is 0 Å². The van der Waals surface area contributed by atoms with Crippen LogP contribution >= 0.6 is 0 Å². The quantitative estimate of drug-likeness (QED) is 0.665. The Bertz CT molecular complexity index is 617. The van der Waals surface area contributed by atoms with Crippen molar-refractivity contribution in [2.75, 3.05) is 7.11 Å². The lowest BCUT2D eigenvalue weighted by molar-refractivity contribution is -0.676. The van der Waals surface area contributed by atoms with Gasteiger partial charge in [0, 0.05) is 6.07 Å². The molecular formula is C14H20N3O2+. The van der Waals surface area contributed by atoms with Gasteiger partial charge in [0.05, 0.1) is 32.3 Å². The molecule has 0 radical (unpaired) electrons. The maximum absolute atomic E-state index is 11.6. The van der Waals surface area contributed by atoms with Crippen molar-refractivity contribution in [2.24, 2.45) is 5.73 Å². The van der Waals surface area contributed by atoms with Gasteiger partial charge < -0.3 is 10.5 Å². The first kappa shape index (κ1) is 13.5. The Morgan fingerprint density at radius 3 is 2.68 bits per heavy atom. The number of hydrogen-bond donors (Lipinski definition) is 1. The first-order valence-corrected chi connectivity index (χ1v) is 6.51. The summed E-state index contributed by atoms with van der Waals surface area (Å²) in [5.74, 6) is 0.755. The molecule has 0 saturated carbocycles. The summed E-state index contributed by atoms with van der Waals surface area (Å²) in [7, 11) is 1.39. The first-order valence-electron chi connectivity index (χ1n) is 6.51. The number of imidazole rings is 1. The third kappa shape index (κ3) is 2.10. The van der Waals surface area contributed by atoms with Crippen molar-refractivity contribution in [1.29, 1.82) is 0 Å². The highest BCUT2D eigenvalue weighted by Crippen LogP contribution is 2.17. The zero-order valence-corrected chi connectivity index (χ0v) is 11.6. The molecule has 0 amide bonds. The molecule has 1 aromatic carbocycles. The van der Waals surface area contributed by atoms with E-state index in [1.165, 1.54) is 7.11 Å². The predicted molar refractivity (Wildman–Crippen MR) is 72.7 cm³/mol. The summed E-state index contributed by atoms with van der Waals surface area (Å²) < 4.78 is 9.09. The average Bonchev–Trinajstić information content (AvgIpc) is 2.77. The molecule has 0 saturated heterocycles. The van der Waals surface area contributed by atoms with Crippen LogP contribution in [0.5, 0.6) is 0 Å². The van der Waals surface area contributed by atoms with Crippen LogP contribution in [0.15, 0.2) is 18.2 Å². The maximum atomic E-state index is 11.6. The van der Waals surface area contributed by atoms with Gasteiger partial charge in [-0.25, -0.2) is 13.9 Å². The fourth-order valence-corrected chi connectivity index (χ4v) is 2.56. The van der Waals surface area contributed by atoms with E-state index in [0.29, 0.717) is 12.1 Å². The van der Waals surface area contributed by atoms with Crippen LogP contribution < -0.4 is 10.3 Å². The lowest BCUT2D eigenvalue weighted by Crippen LogP contribution is -2.38. The van der Waals surface area contributed by atoms with Crippen LogP contribution in [0.2, 0.25) is 0 Å². The number of fused-ring (bicyclic) bond motifs is 1. The van der Waals surface area contributed by atoms with Crippen molar-refractivity contribution in [3.8, 4) is 0 Å². The predicted octanol–water partition coefficient (Wildman–Crippen LogP) is 1.21. The van der Waals surface area contributed by atoms with Crippen molar-refractivity contribution >= 4 is 17.0 Å². The molecule has 1 aromatic heterocycles. The van der Waals surface area contributed by atoms with Crippen LogP contribution in [-0.2, 0) is 24.4 Å². The minimum Gasteiger partial charge on any atom is -0.465 e. The average molecular weight is 262 g/mol. The number of methoxy groups -OCH3 is 1. The normalized spacial score (nSPS) is 10.9. The highest BCUT2D eigenvalue weighted by molar-refractivity contribution is 5.93. The molecule has 0 spiro atoms. The maximum Gasteiger partial charge on any atom is 0.338 e. The summed E-state index contributed by atoms with van der Waals surface area (Å²) in [6.07, 6.45) is 0. The van der Waals surface area contributed by atoms with E-state index in [1.54, 1.807) is 6.07 Å². The summed E-state index contributed by atoms with van der Waals surface area (Å²) in [6, 6.07) is 5.62. The molecule has 102 valence electrons. The van der Waals surface area contributed by atoms with Gasteiger partial charge in [-0.15, -0.1) is 0 Å². The van der Waals surface area contributed by atoms with E-state index >= 15 is 0 Å². The van der Waals surface area contributed by atoms with Gasteiger partial charge in [0.15, 0.2) is 11.0 Å². The number of benzene rings is 1. The Hall–Kier alpha value is -1.88. The van der Waals surface area contributed by atoms with E-state index in [0.717, 1.165) is 29.9 Å². The largest absolute Gasteiger partial charge is 0.465 e. The Kier molecular flexibility index (Phi) is 3.85. The summed E-state index contributed by atoms with van der Waals surface area (Å²) in [5.41, 5.74) is 8.54. The van der Waals surface area contributed by atoms with E-state index in [1.807, 2.05) is 12.1 Å². The third-order valence-corrected chi connectivity index (χ3v) is 3.42. The van der Waals surface area contributed by atoms with Gasteiger partial charge in [-0.05, 0) is 26.0 Å². The Morgan fingerprint density at radius 1 is 1.42 bits per heavy atom. The van der Waals surface area contributed by atoms with Gasteiger partial charge in [0.2, 0.25) is 0 Å². The molecule has 0 unspecified atom stereocenters. The number of carbonyl (C=O) groups excluding carboxylic acids is 1. The summed E-state index contributed by atoms with van der Waals surface area (Å²) in [5, 5.41) is 0. The van der Waals surface area contributed by atoms with E-state index in [9.17, 15) is 4.79 Å². The third-order valence-electron chi connectivity index (χ3n) is 3.42. The summed E-state index contributed by atoms with van der Waals surface area (Å²) in [6.45, 7) is 6.31. The van der Waals surface area contributed by atoms with Crippen molar-refractivity contribution in [3.63, 3.8) is 0 Å². The molecule has 0 aliphatic carbocycles. The molecule has 0 aliphatic rings. The number of aryl methyl sites for hydroxylation is 2. The van der Waals surface area contributed by atoms with Gasteiger partial charge in [-0.2, -0.15) is 0 Å². The molecular weight excluding hydrogens is 242 g/mol. The number of esters is 1. The van der Waals surface area contributed by atoms with Crippen LogP contribution in [-0.4, -0.2) is 17.6 Å². The highest BCUT2D eigenvalue weighted by atomic mass is 16.5. The zero-order chi connectivity index (χ0) is 14.0. The lowest BCUT2D eigenvalue weighted by Gasteiger charge is -1.99. The van der Waals surface area contributed by atoms with Crippen LogP contribution in [0.1, 0.15) is 30.0 Å².